The average Bonchev–Trinajstić information content (AvgIpc) is 1.83. The molecule has 1 rings (SSSR count). The Balaban J connectivity index is 2.47. The molecule has 0 spiro atoms. The molecular weight excluding hydrogens is 169 g/mol. The van der Waals surface area contributed by atoms with Crippen molar-refractivity contribution in [2.24, 2.45) is 5.73 Å². The number of alkyl halides is 3. The summed E-state index contributed by atoms with van der Waals surface area (Å²) in [5, 5.41) is 2.98. The fourth-order valence-electron chi connectivity index (χ4n) is 1.50. The first-order valence-corrected chi connectivity index (χ1v) is 3.98. The lowest BCUT2D eigenvalue weighted by Crippen LogP contribution is -2.51. The fraction of sp³-hybridized carbons (Fsp3) is 1.00. The maximum atomic E-state index is 12.0. The third kappa shape index (κ3) is 2.98. The monoisotopic (exact) mass is 182 g/mol. The Bertz CT molecular complexity index is 149. The van der Waals surface area contributed by atoms with Crippen molar-refractivity contribution < 1.29 is 13.2 Å². The number of piperidine rings is 1. The molecule has 0 radical (unpaired) electrons. The van der Waals surface area contributed by atoms with Crippen LogP contribution in [0.15, 0.2) is 0 Å². The molecule has 0 aromatic carbocycles. The zero-order chi connectivity index (χ0) is 9.24. The lowest BCUT2D eigenvalue weighted by Gasteiger charge is -2.34. The summed E-state index contributed by atoms with van der Waals surface area (Å²) in [6, 6.07) is 0. The zero-order valence-corrected chi connectivity index (χ0v) is 6.75. The summed E-state index contributed by atoms with van der Waals surface area (Å²) in [6.45, 7) is 1.18. The van der Waals surface area contributed by atoms with E-state index in [0.29, 0.717) is 25.9 Å². The van der Waals surface area contributed by atoms with Gasteiger partial charge in [0.15, 0.2) is 0 Å². The van der Waals surface area contributed by atoms with Crippen LogP contribution in [0.5, 0.6) is 0 Å². The van der Waals surface area contributed by atoms with Crippen LogP contribution in [-0.4, -0.2) is 24.8 Å². The van der Waals surface area contributed by atoms with Gasteiger partial charge < -0.3 is 11.1 Å². The molecule has 5 heteroatoms. The second kappa shape index (κ2) is 3.22. The van der Waals surface area contributed by atoms with Crippen molar-refractivity contribution in [3.8, 4) is 0 Å². The number of rotatable bonds is 1. The van der Waals surface area contributed by atoms with E-state index in [-0.39, 0.29) is 0 Å². The molecule has 3 N–H and O–H groups in total. The fourth-order valence-corrected chi connectivity index (χ4v) is 1.50. The van der Waals surface area contributed by atoms with Gasteiger partial charge in [-0.3, -0.25) is 0 Å². The summed E-state index contributed by atoms with van der Waals surface area (Å²) in [6.07, 6.45) is -4.17. The largest absolute Gasteiger partial charge is 0.390 e. The molecule has 72 valence electrons. The van der Waals surface area contributed by atoms with E-state index in [2.05, 4.69) is 5.32 Å². The molecule has 12 heavy (non-hydrogen) atoms. The highest BCUT2D eigenvalue weighted by Gasteiger charge is 2.40. The number of hydrogen-bond donors (Lipinski definition) is 2. The molecule has 0 aliphatic carbocycles. The van der Waals surface area contributed by atoms with E-state index in [0.717, 1.165) is 0 Å². The van der Waals surface area contributed by atoms with Crippen molar-refractivity contribution >= 4 is 0 Å². The Hall–Kier alpha value is -0.290. The van der Waals surface area contributed by atoms with Gasteiger partial charge in [-0.15, -0.1) is 0 Å². The minimum absolute atomic E-state index is 0.409. The van der Waals surface area contributed by atoms with Crippen LogP contribution >= 0.6 is 0 Å². The normalized spacial score (nSPS) is 24.0. The van der Waals surface area contributed by atoms with Crippen LogP contribution in [0.25, 0.3) is 0 Å². The molecule has 0 unspecified atom stereocenters. The predicted octanol–water partition coefficient (Wildman–Crippen LogP) is 1.02. The SMILES string of the molecule is NC1(CC(F)(F)F)CCNCC1. The standard InChI is InChI=1S/C7H13F3N2/c8-7(9,10)5-6(11)1-3-12-4-2-6/h12H,1-5,11H2. The molecule has 0 aromatic rings. The molecule has 0 bridgehead atoms. The molecule has 0 aromatic heterocycles. The highest BCUT2D eigenvalue weighted by molar-refractivity contribution is 4.90. The molecule has 1 aliphatic heterocycles. The first kappa shape index (κ1) is 9.80. The van der Waals surface area contributed by atoms with Crippen LogP contribution in [0.3, 0.4) is 0 Å². The number of nitrogens with two attached hydrogens (primary N) is 1. The van der Waals surface area contributed by atoms with Crippen molar-refractivity contribution in [2.75, 3.05) is 13.1 Å². The van der Waals surface area contributed by atoms with Gasteiger partial charge in [0, 0.05) is 5.54 Å². The van der Waals surface area contributed by atoms with Gasteiger partial charge in [-0.2, -0.15) is 13.2 Å². The Labute approximate surface area is 69.3 Å². The van der Waals surface area contributed by atoms with Gasteiger partial charge in [0.05, 0.1) is 6.42 Å². The van der Waals surface area contributed by atoms with Crippen LogP contribution in [0.1, 0.15) is 19.3 Å². The van der Waals surface area contributed by atoms with E-state index in [9.17, 15) is 13.2 Å². The Morgan fingerprint density at radius 3 is 2.17 bits per heavy atom. The van der Waals surface area contributed by atoms with Crippen molar-refractivity contribution in [3.63, 3.8) is 0 Å². The maximum absolute atomic E-state index is 12.0. The highest BCUT2D eigenvalue weighted by atomic mass is 19.4. The maximum Gasteiger partial charge on any atom is 0.390 e. The smallest absolute Gasteiger partial charge is 0.325 e. The Morgan fingerprint density at radius 1 is 1.25 bits per heavy atom. The van der Waals surface area contributed by atoms with Gasteiger partial charge in [-0.1, -0.05) is 0 Å². The van der Waals surface area contributed by atoms with Gasteiger partial charge in [-0.25, -0.2) is 0 Å². The summed E-state index contributed by atoms with van der Waals surface area (Å²) in [7, 11) is 0. The topological polar surface area (TPSA) is 38.0 Å². The number of nitrogens with one attached hydrogen (secondary N) is 1. The summed E-state index contributed by atoms with van der Waals surface area (Å²) in [5.74, 6) is 0. The minimum atomic E-state index is -4.13. The van der Waals surface area contributed by atoms with Gasteiger partial charge in [-0.05, 0) is 25.9 Å². The Morgan fingerprint density at radius 2 is 1.75 bits per heavy atom. The van der Waals surface area contributed by atoms with Gasteiger partial charge in [0.1, 0.15) is 0 Å². The van der Waals surface area contributed by atoms with Crippen molar-refractivity contribution in [2.45, 2.75) is 31.0 Å². The second-order valence-electron chi connectivity index (χ2n) is 3.40. The lowest BCUT2D eigenvalue weighted by atomic mass is 9.86. The summed E-state index contributed by atoms with van der Waals surface area (Å²) in [5.41, 5.74) is 4.56. The summed E-state index contributed by atoms with van der Waals surface area (Å²) < 4.78 is 36.0. The van der Waals surface area contributed by atoms with Crippen LogP contribution < -0.4 is 11.1 Å². The third-order valence-corrected chi connectivity index (χ3v) is 2.15. The first-order valence-electron chi connectivity index (χ1n) is 3.98. The lowest BCUT2D eigenvalue weighted by molar-refractivity contribution is -0.149. The molecule has 0 atom stereocenters. The first-order chi connectivity index (χ1) is 5.41. The van der Waals surface area contributed by atoms with Crippen molar-refractivity contribution in [3.05, 3.63) is 0 Å². The van der Waals surface area contributed by atoms with Gasteiger partial charge in [0.2, 0.25) is 0 Å². The van der Waals surface area contributed by atoms with Crippen LogP contribution in [-0.2, 0) is 0 Å². The van der Waals surface area contributed by atoms with Crippen LogP contribution in [0.4, 0.5) is 13.2 Å². The Kier molecular flexibility index (Phi) is 2.63. The van der Waals surface area contributed by atoms with Gasteiger partial charge >= 0.3 is 6.18 Å². The van der Waals surface area contributed by atoms with Gasteiger partial charge in [0.25, 0.3) is 0 Å². The molecule has 2 nitrogen and oxygen atoms in total. The summed E-state index contributed by atoms with van der Waals surface area (Å²) >= 11 is 0. The van der Waals surface area contributed by atoms with Crippen LogP contribution in [0, 0.1) is 0 Å². The average molecular weight is 182 g/mol. The minimum Gasteiger partial charge on any atom is -0.325 e. The number of halogens is 3. The van der Waals surface area contributed by atoms with E-state index < -0.39 is 18.1 Å². The highest BCUT2D eigenvalue weighted by Crippen LogP contribution is 2.30. The number of hydrogen-bond acceptors (Lipinski definition) is 2. The molecule has 1 heterocycles. The molecule has 1 fully saturated rings. The molecule has 1 aliphatic rings. The van der Waals surface area contributed by atoms with Crippen LogP contribution in [0.2, 0.25) is 0 Å². The van der Waals surface area contributed by atoms with Crippen molar-refractivity contribution in [1.29, 1.82) is 0 Å². The quantitative estimate of drug-likeness (QED) is 0.635. The molecule has 0 saturated carbocycles. The van der Waals surface area contributed by atoms with Crippen molar-refractivity contribution in [1.82, 2.24) is 5.32 Å². The zero-order valence-electron chi connectivity index (χ0n) is 6.75. The van der Waals surface area contributed by atoms with E-state index in [1.165, 1.54) is 0 Å². The summed E-state index contributed by atoms with van der Waals surface area (Å²) in [4.78, 5) is 0. The molecular formula is C7H13F3N2. The second-order valence-corrected chi connectivity index (χ2v) is 3.40. The van der Waals surface area contributed by atoms with E-state index in [1.54, 1.807) is 0 Å². The van der Waals surface area contributed by atoms with E-state index in [1.807, 2.05) is 0 Å². The third-order valence-electron chi connectivity index (χ3n) is 2.15. The molecule has 1 saturated heterocycles. The van der Waals surface area contributed by atoms with E-state index in [4.69, 9.17) is 5.73 Å². The predicted molar refractivity (Wildman–Crippen MR) is 39.7 cm³/mol. The molecule has 0 amide bonds. The van der Waals surface area contributed by atoms with E-state index >= 15 is 0 Å².